The summed E-state index contributed by atoms with van der Waals surface area (Å²) in [5.74, 6) is 1.51. The summed E-state index contributed by atoms with van der Waals surface area (Å²) in [4.78, 5) is 0. The van der Waals surface area contributed by atoms with Crippen LogP contribution in [0.3, 0.4) is 0 Å². The summed E-state index contributed by atoms with van der Waals surface area (Å²) in [5, 5.41) is 0. The van der Waals surface area contributed by atoms with Gasteiger partial charge >= 0.3 is 0 Å². The SMILES string of the molecule is CC/C=C\CC(C)c1ccccc1OC. The van der Waals surface area contributed by atoms with Crippen LogP contribution in [0.15, 0.2) is 36.4 Å². The van der Waals surface area contributed by atoms with E-state index in [4.69, 9.17) is 4.74 Å². The normalized spacial score (nSPS) is 13.0. The zero-order chi connectivity index (χ0) is 11.1. The van der Waals surface area contributed by atoms with Crippen LogP contribution in [0, 0.1) is 0 Å². The predicted octanol–water partition coefficient (Wildman–Crippen LogP) is 4.16. The van der Waals surface area contributed by atoms with Crippen molar-refractivity contribution in [2.75, 3.05) is 7.11 Å². The average Bonchev–Trinajstić information content (AvgIpc) is 2.29. The molecular formula is C14H20O. The molecule has 0 saturated heterocycles. The topological polar surface area (TPSA) is 9.23 Å². The molecule has 0 radical (unpaired) electrons. The Kier molecular flexibility index (Phi) is 4.96. The number of benzene rings is 1. The molecule has 1 unspecified atom stereocenters. The molecule has 0 fully saturated rings. The molecule has 0 aromatic heterocycles. The Hall–Kier alpha value is -1.24. The van der Waals surface area contributed by atoms with Gasteiger partial charge in [0, 0.05) is 0 Å². The summed E-state index contributed by atoms with van der Waals surface area (Å²) >= 11 is 0. The lowest BCUT2D eigenvalue weighted by Gasteiger charge is -2.13. The second kappa shape index (κ2) is 6.28. The van der Waals surface area contributed by atoms with Crippen LogP contribution >= 0.6 is 0 Å². The molecule has 0 heterocycles. The molecule has 0 saturated carbocycles. The highest BCUT2D eigenvalue weighted by Crippen LogP contribution is 2.28. The quantitative estimate of drug-likeness (QED) is 0.654. The number of para-hydroxylation sites is 1. The molecule has 0 aliphatic heterocycles. The van der Waals surface area contributed by atoms with Crippen molar-refractivity contribution in [1.29, 1.82) is 0 Å². The summed E-state index contributed by atoms with van der Waals surface area (Å²) in [7, 11) is 1.73. The lowest BCUT2D eigenvalue weighted by atomic mass is 9.96. The van der Waals surface area contributed by atoms with Crippen molar-refractivity contribution in [2.45, 2.75) is 32.6 Å². The fourth-order valence-electron chi connectivity index (χ4n) is 1.67. The van der Waals surface area contributed by atoms with Crippen LogP contribution in [-0.4, -0.2) is 7.11 Å². The molecule has 0 aliphatic rings. The number of allylic oxidation sites excluding steroid dienone is 2. The molecule has 1 aromatic rings. The summed E-state index contributed by atoms with van der Waals surface area (Å²) in [5.41, 5.74) is 1.29. The number of hydrogen-bond acceptors (Lipinski definition) is 1. The van der Waals surface area contributed by atoms with E-state index in [1.165, 1.54) is 5.56 Å². The Balaban J connectivity index is 2.72. The molecule has 1 atom stereocenters. The van der Waals surface area contributed by atoms with Crippen molar-refractivity contribution in [1.82, 2.24) is 0 Å². The number of hydrogen-bond donors (Lipinski definition) is 0. The average molecular weight is 204 g/mol. The molecule has 1 aromatic carbocycles. The number of rotatable bonds is 5. The van der Waals surface area contributed by atoms with Crippen LogP contribution in [0.25, 0.3) is 0 Å². The third-order valence-corrected chi connectivity index (χ3v) is 2.56. The molecule has 1 nitrogen and oxygen atoms in total. The van der Waals surface area contributed by atoms with Gasteiger partial charge in [-0.1, -0.05) is 44.2 Å². The first-order valence-electron chi connectivity index (χ1n) is 5.57. The standard InChI is InChI=1S/C14H20O/c1-4-5-6-9-12(2)13-10-7-8-11-14(13)15-3/h5-8,10-12H,4,9H2,1-3H3/b6-5-. The highest BCUT2D eigenvalue weighted by atomic mass is 16.5. The minimum atomic E-state index is 0.518. The van der Waals surface area contributed by atoms with Gasteiger partial charge in [0.25, 0.3) is 0 Å². The Morgan fingerprint density at radius 1 is 1.27 bits per heavy atom. The van der Waals surface area contributed by atoms with Gasteiger partial charge in [-0.25, -0.2) is 0 Å². The minimum absolute atomic E-state index is 0.518. The predicted molar refractivity (Wildman–Crippen MR) is 65.5 cm³/mol. The first-order chi connectivity index (χ1) is 7.29. The molecule has 0 spiro atoms. The van der Waals surface area contributed by atoms with Gasteiger partial charge in [-0.2, -0.15) is 0 Å². The maximum atomic E-state index is 5.35. The van der Waals surface area contributed by atoms with Gasteiger partial charge in [0.1, 0.15) is 5.75 Å². The molecule has 1 heteroatoms. The molecule has 0 amide bonds. The second-order valence-electron chi connectivity index (χ2n) is 3.76. The Morgan fingerprint density at radius 2 is 2.00 bits per heavy atom. The largest absolute Gasteiger partial charge is 0.496 e. The lowest BCUT2D eigenvalue weighted by Crippen LogP contribution is -1.96. The molecule has 0 N–H and O–H groups in total. The van der Waals surface area contributed by atoms with Crippen LogP contribution < -0.4 is 4.74 Å². The Labute approximate surface area is 92.8 Å². The van der Waals surface area contributed by atoms with Gasteiger partial charge in [0.2, 0.25) is 0 Å². The smallest absolute Gasteiger partial charge is 0.122 e. The van der Waals surface area contributed by atoms with Crippen LogP contribution in [0.2, 0.25) is 0 Å². The van der Waals surface area contributed by atoms with Gasteiger partial charge in [-0.3, -0.25) is 0 Å². The van der Waals surface area contributed by atoms with Crippen molar-refractivity contribution in [3.63, 3.8) is 0 Å². The van der Waals surface area contributed by atoms with Gasteiger partial charge < -0.3 is 4.74 Å². The van der Waals surface area contributed by atoms with Gasteiger partial charge in [-0.15, -0.1) is 0 Å². The first kappa shape index (κ1) is 11.8. The molecule has 15 heavy (non-hydrogen) atoms. The third kappa shape index (κ3) is 3.43. The highest BCUT2D eigenvalue weighted by molar-refractivity contribution is 5.36. The van der Waals surface area contributed by atoms with E-state index in [0.29, 0.717) is 5.92 Å². The third-order valence-electron chi connectivity index (χ3n) is 2.56. The zero-order valence-corrected chi connectivity index (χ0v) is 9.86. The maximum Gasteiger partial charge on any atom is 0.122 e. The van der Waals surface area contributed by atoms with Crippen molar-refractivity contribution in [3.05, 3.63) is 42.0 Å². The van der Waals surface area contributed by atoms with E-state index < -0.39 is 0 Å². The van der Waals surface area contributed by atoms with Gasteiger partial charge in [-0.05, 0) is 30.4 Å². The van der Waals surface area contributed by atoms with Gasteiger partial charge in [0.15, 0.2) is 0 Å². The van der Waals surface area contributed by atoms with E-state index in [-0.39, 0.29) is 0 Å². The van der Waals surface area contributed by atoms with E-state index in [1.807, 2.05) is 12.1 Å². The van der Waals surface area contributed by atoms with Gasteiger partial charge in [0.05, 0.1) is 7.11 Å². The molecule has 82 valence electrons. The fraction of sp³-hybridized carbons (Fsp3) is 0.429. The van der Waals surface area contributed by atoms with Crippen molar-refractivity contribution in [3.8, 4) is 5.75 Å². The summed E-state index contributed by atoms with van der Waals surface area (Å²) in [6.07, 6.45) is 6.65. The molecule has 1 rings (SSSR count). The number of ether oxygens (including phenoxy) is 1. The molecule has 0 bridgehead atoms. The lowest BCUT2D eigenvalue weighted by molar-refractivity contribution is 0.406. The van der Waals surface area contributed by atoms with Crippen molar-refractivity contribution >= 4 is 0 Å². The van der Waals surface area contributed by atoms with E-state index in [1.54, 1.807) is 7.11 Å². The highest BCUT2D eigenvalue weighted by Gasteiger charge is 2.08. The van der Waals surface area contributed by atoms with Crippen LogP contribution in [0.4, 0.5) is 0 Å². The van der Waals surface area contributed by atoms with Crippen LogP contribution in [0.1, 0.15) is 38.2 Å². The van der Waals surface area contributed by atoms with E-state index in [0.717, 1.165) is 18.6 Å². The number of methoxy groups -OCH3 is 1. The van der Waals surface area contributed by atoms with Crippen molar-refractivity contribution < 1.29 is 4.74 Å². The van der Waals surface area contributed by atoms with E-state index in [2.05, 4.69) is 38.1 Å². The van der Waals surface area contributed by atoms with E-state index >= 15 is 0 Å². The molecule has 0 aliphatic carbocycles. The Morgan fingerprint density at radius 3 is 2.67 bits per heavy atom. The monoisotopic (exact) mass is 204 g/mol. The van der Waals surface area contributed by atoms with Crippen LogP contribution in [0.5, 0.6) is 5.75 Å². The van der Waals surface area contributed by atoms with Crippen LogP contribution in [-0.2, 0) is 0 Å². The summed E-state index contributed by atoms with van der Waals surface area (Å²) in [6, 6.07) is 8.24. The summed E-state index contributed by atoms with van der Waals surface area (Å²) in [6.45, 7) is 4.39. The fourth-order valence-corrected chi connectivity index (χ4v) is 1.67. The minimum Gasteiger partial charge on any atom is -0.496 e. The summed E-state index contributed by atoms with van der Waals surface area (Å²) < 4.78 is 5.35. The maximum absolute atomic E-state index is 5.35. The van der Waals surface area contributed by atoms with E-state index in [9.17, 15) is 0 Å². The zero-order valence-electron chi connectivity index (χ0n) is 9.86. The van der Waals surface area contributed by atoms with Crippen molar-refractivity contribution in [2.24, 2.45) is 0 Å². The Bertz CT molecular complexity index is 315. The molecular weight excluding hydrogens is 184 g/mol. The first-order valence-corrected chi connectivity index (χ1v) is 5.57. The second-order valence-corrected chi connectivity index (χ2v) is 3.76.